The second-order valence-electron chi connectivity index (χ2n) is 4.98. The highest BCUT2D eigenvalue weighted by Crippen LogP contribution is 2.19. The Balaban J connectivity index is 2.41. The number of benzene rings is 1. The second kappa shape index (κ2) is 6.35. The molecule has 2 rings (SSSR count). The van der Waals surface area contributed by atoms with E-state index >= 15 is 0 Å². The summed E-state index contributed by atoms with van der Waals surface area (Å²) in [5.41, 5.74) is 1.29. The molecule has 0 atom stereocenters. The zero-order valence-electron chi connectivity index (χ0n) is 12.4. The first-order valence-corrected chi connectivity index (χ1v) is 6.76. The number of hydrogen-bond donors (Lipinski definition) is 0. The van der Waals surface area contributed by atoms with Crippen LogP contribution in [0, 0.1) is 0 Å². The lowest BCUT2D eigenvalue weighted by Gasteiger charge is -2.26. The summed E-state index contributed by atoms with van der Waals surface area (Å²) in [5.74, 6) is -0.635. The highest BCUT2D eigenvalue weighted by Gasteiger charge is 2.23. The number of nitrogens with zero attached hydrogens (tertiary/aromatic N) is 2. The van der Waals surface area contributed by atoms with Crippen molar-refractivity contribution >= 4 is 22.8 Å². The minimum Gasteiger partial charge on any atom is -0.468 e. The molecular formula is C16H18N2O3. The van der Waals surface area contributed by atoms with Crippen LogP contribution in [-0.4, -0.2) is 41.5 Å². The molecule has 21 heavy (non-hydrogen) atoms. The highest BCUT2D eigenvalue weighted by atomic mass is 16.5. The first-order chi connectivity index (χ1) is 10.0. The van der Waals surface area contributed by atoms with Gasteiger partial charge in [0.2, 0.25) is 0 Å². The van der Waals surface area contributed by atoms with Gasteiger partial charge in [0, 0.05) is 23.2 Å². The van der Waals surface area contributed by atoms with Crippen LogP contribution in [0.25, 0.3) is 10.9 Å². The van der Waals surface area contributed by atoms with Crippen molar-refractivity contribution in [1.82, 2.24) is 9.88 Å². The number of rotatable bonds is 4. The first-order valence-electron chi connectivity index (χ1n) is 6.76. The van der Waals surface area contributed by atoms with Crippen LogP contribution in [0.2, 0.25) is 0 Å². The van der Waals surface area contributed by atoms with Crippen LogP contribution >= 0.6 is 0 Å². The summed E-state index contributed by atoms with van der Waals surface area (Å²) in [7, 11) is 1.31. The van der Waals surface area contributed by atoms with Crippen molar-refractivity contribution in [2.45, 2.75) is 19.9 Å². The molecule has 1 aromatic carbocycles. The second-order valence-corrected chi connectivity index (χ2v) is 4.98. The molecule has 1 amide bonds. The summed E-state index contributed by atoms with van der Waals surface area (Å²) < 4.78 is 4.66. The average molecular weight is 286 g/mol. The zero-order chi connectivity index (χ0) is 15.4. The largest absolute Gasteiger partial charge is 0.468 e. The van der Waals surface area contributed by atoms with Crippen molar-refractivity contribution < 1.29 is 14.3 Å². The van der Waals surface area contributed by atoms with Gasteiger partial charge in [-0.1, -0.05) is 12.1 Å². The smallest absolute Gasteiger partial charge is 0.325 e. The summed E-state index contributed by atoms with van der Waals surface area (Å²) in [4.78, 5) is 30.0. The molecular weight excluding hydrogens is 268 g/mol. The predicted octanol–water partition coefficient (Wildman–Crippen LogP) is 2.26. The van der Waals surface area contributed by atoms with Crippen molar-refractivity contribution in [1.29, 1.82) is 0 Å². The monoisotopic (exact) mass is 286 g/mol. The maximum absolute atomic E-state index is 12.7. The molecule has 0 bridgehead atoms. The molecule has 1 aromatic heterocycles. The molecule has 5 heteroatoms. The van der Waals surface area contributed by atoms with Gasteiger partial charge < -0.3 is 9.64 Å². The van der Waals surface area contributed by atoms with E-state index < -0.39 is 5.97 Å². The van der Waals surface area contributed by atoms with Crippen molar-refractivity contribution in [2.24, 2.45) is 0 Å². The molecule has 0 aliphatic heterocycles. The Morgan fingerprint density at radius 3 is 2.67 bits per heavy atom. The summed E-state index contributed by atoms with van der Waals surface area (Å²) in [5, 5.41) is 0.778. The number of esters is 1. The normalized spacial score (nSPS) is 10.7. The van der Waals surface area contributed by atoms with Gasteiger partial charge in [0.1, 0.15) is 6.54 Å². The van der Waals surface area contributed by atoms with Crippen LogP contribution in [0.5, 0.6) is 0 Å². The van der Waals surface area contributed by atoms with Gasteiger partial charge in [0.15, 0.2) is 0 Å². The SMILES string of the molecule is COC(=O)CN(C(=O)c1cccc2ncccc12)C(C)C. The van der Waals surface area contributed by atoms with Crippen LogP contribution in [-0.2, 0) is 9.53 Å². The van der Waals surface area contributed by atoms with Crippen molar-refractivity contribution in [2.75, 3.05) is 13.7 Å². The molecule has 5 nitrogen and oxygen atoms in total. The van der Waals surface area contributed by atoms with Crippen molar-refractivity contribution in [3.05, 3.63) is 42.1 Å². The number of fused-ring (bicyclic) bond motifs is 1. The number of carbonyl (C=O) groups is 2. The molecule has 0 saturated heterocycles. The van der Waals surface area contributed by atoms with Gasteiger partial charge in [0.05, 0.1) is 12.6 Å². The number of carbonyl (C=O) groups excluding carboxylic acids is 2. The van der Waals surface area contributed by atoms with E-state index in [4.69, 9.17) is 0 Å². The summed E-state index contributed by atoms with van der Waals surface area (Å²) in [6.07, 6.45) is 1.69. The van der Waals surface area contributed by atoms with E-state index in [0.717, 1.165) is 10.9 Å². The third-order valence-electron chi connectivity index (χ3n) is 3.29. The molecule has 0 aliphatic rings. The number of hydrogen-bond acceptors (Lipinski definition) is 4. The average Bonchev–Trinajstić information content (AvgIpc) is 2.50. The first kappa shape index (κ1) is 15.0. The minimum atomic E-state index is -0.435. The van der Waals surface area contributed by atoms with E-state index in [9.17, 15) is 9.59 Å². The third kappa shape index (κ3) is 3.18. The summed E-state index contributed by atoms with van der Waals surface area (Å²) in [6.45, 7) is 3.66. The van der Waals surface area contributed by atoms with E-state index in [2.05, 4.69) is 9.72 Å². The Hall–Kier alpha value is -2.43. The Kier molecular flexibility index (Phi) is 4.52. The predicted molar refractivity (Wildman–Crippen MR) is 79.9 cm³/mol. The fourth-order valence-corrected chi connectivity index (χ4v) is 2.14. The fraction of sp³-hybridized carbons (Fsp3) is 0.312. The number of pyridine rings is 1. The van der Waals surface area contributed by atoms with Gasteiger partial charge in [-0.2, -0.15) is 0 Å². The number of aromatic nitrogens is 1. The maximum atomic E-state index is 12.7. The van der Waals surface area contributed by atoms with E-state index in [-0.39, 0.29) is 18.5 Å². The topological polar surface area (TPSA) is 59.5 Å². The Labute approximate surface area is 123 Å². The quantitative estimate of drug-likeness (QED) is 0.809. The molecule has 0 unspecified atom stereocenters. The molecule has 0 radical (unpaired) electrons. The lowest BCUT2D eigenvalue weighted by atomic mass is 10.1. The number of ether oxygens (including phenoxy) is 1. The van der Waals surface area contributed by atoms with Crippen LogP contribution in [0.3, 0.4) is 0 Å². The summed E-state index contributed by atoms with van der Waals surface area (Å²) >= 11 is 0. The molecule has 0 N–H and O–H groups in total. The van der Waals surface area contributed by atoms with Gasteiger partial charge in [-0.25, -0.2) is 0 Å². The molecule has 110 valence electrons. The van der Waals surface area contributed by atoms with Gasteiger partial charge in [-0.05, 0) is 32.0 Å². The van der Waals surface area contributed by atoms with Crippen LogP contribution in [0.4, 0.5) is 0 Å². The van der Waals surface area contributed by atoms with Crippen LogP contribution in [0.15, 0.2) is 36.5 Å². The summed E-state index contributed by atoms with van der Waals surface area (Å²) in [6, 6.07) is 8.93. The molecule has 0 saturated carbocycles. The molecule has 2 aromatic rings. The zero-order valence-corrected chi connectivity index (χ0v) is 12.4. The Morgan fingerprint density at radius 1 is 1.24 bits per heavy atom. The van der Waals surface area contributed by atoms with Gasteiger partial charge in [-0.3, -0.25) is 14.6 Å². The van der Waals surface area contributed by atoms with E-state index in [1.54, 1.807) is 24.4 Å². The van der Waals surface area contributed by atoms with Gasteiger partial charge in [0.25, 0.3) is 5.91 Å². The highest BCUT2D eigenvalue weighted by molar-refractivity contribution is 6.06. The molecule has 1 heterocycles. The minimum absolute atomic E-state index is 0.0658. The fourth-order valence-electron chi connectivity index (χ4n) is 2.14. The van der Waals surface area contributed by atoms with Crippen molar-refractivity contribution in [3.8, 4) is 0 Å². The number of amides is 1. The van der Waals surface area contributed by atoms with Gasteiger partial charge in [-0.15, -0.1) is 0 Å². The standard InChI is InChI=1S/C16H18N2O3/c1-11(2)18(10-15(19)21-3)16(20)13-6-4-8-14-12(13)7-5-9-17-14/h4-9,11H,10H2,1-3H3. The lowest BCUT2D eigenvalue weighted by molar-refractivity contribution is -0.141. The Bertz CT molecular complexity index is 662. The van der Waals surface area contributed by atoms with E-state index in [1.165, 1.54) is 12.0 Å². The number of methoxy groups -OCH3 is 1. The van der Waals surface area contributed by atoms with E-state index in [0.29, 0.717) is 5.56 Å². The van der Waals surface area contributed by atoms with Gasteiger partial charge >= 0.3 is 5.97 Å². The third-order valence-corrected chi connectivity index (χ3v) is 3.29. The Morgan fingerprint density at radius 2 is 2.00 bits per heavy atom. The van der Waals surface area contributed by atoms with E-state index in [1.807, 2.05) is 26.0 Å². The van der Waals surface area contributed by atoms with Crippen molar-refractivity contribution in [3.63, 3.8) is 0 Å². The maximum Gasteiger partial charge on any atom is 0.325 e. The molecule has 0 spiro atoms. The van der Waals surface area contributed by atoms with Crippen LogP contribution in [0.1, 0.15) is 24.2 Å². The molecule has 0 fully saturated rings. The van der Waals surface area contributed by atoms with Crippen LogP contribution < -0.4 is 0 Å². The molecule has 0 aliphatic carbocycles. The lowest BCUT2D eigenvalue weighted by Crippen LogP contribution is -2.41.